The number of amides is 1. The molecule has 5 nitrogen and oxygen atoms in total. The Balaban J connectivity index is 2.63. The van der Waals surface area contributed by atoms with Crippen molar-refractivity contribution < 1.29 is 14.7 Å². The molecule has 1 aliphatic rings. The molecule has 0 radical (unpaired) electrons. The van der Waals surface area contributed by atoms with Crippen LogP contribution in [0.2, 0.25) is 0 Å². The first-order chi connectivity index (χ1) is 8.50. The second-order valence-electron chi connectivity index (χ2n) is 4.92. The molecule has 1 amide bonds. The molecule has 0 aromatic heterocycles. The number of hydrogen-bond donors (Lipinski definition) is 2. The molecule has 0 bridgehead atoms. The summed E-state index contributed by atoms with van der Waals surface area (Å²) < 4.78 is 0. The molecule has 1 fully saturated rings. The number of likely N-dealkylation sites (N-methyl/N-ethyl adjacent to an activating group) is 1. The predicted molar refractivity (Wildman–Crippen MR) is 69.3 cm³/mol. The standard InChI is InChI=1S/C13H24N2O3/c1-4-15(5-2)11(16)10-6-8-13(14-3,9-7-10)12(17)18/h10,14H,4-9H2,1-3H3,(H,17,18). The second-order valence-corrected chi connectivity index (χ2v) is 4.92. The zero-order chi connectivity index (χ0) is 13.8. The van der Waals surface area contributed by atoms with Gasteiger partial charge in [-0.1, -0.05) is 0 Å². The van der Waals surface area contributed by atoms with E-state index in [1.807, 2.05) is 18.7 Å². The van der Waals surface area contributed by atoms with Gasteiger partial charge in [0.05, 0.1) is 0 Å². The Morgan fingerprint density at radius 3 is 2.11 bits per heavy atom. The van der Waals surface area contributed by atoms with Crippen molar-refractivity contribution in [1.29, 1.82) is 0 Å². The smallest absolute Gasteiger partial charge is 0.323 e. The lowest BCUT2D eigenvalue weighted by Crippen LogP contribution is -2.53. The molecular formula is C13H24N2O3. The third kappa shape index (κ3) is 2.83. The van der Waals surface area contributed by atoms with Crippen molar-refractivity contribution in [2.24, 2.45) is 5.92 Å². The number of nitrogens with one attached hydrogen (secondary N) is 1. The number of carboxylic acids is 1. The van der Waals surface area contributed by atoms with Crippen molar-refractivity contribution in [3.63, 3.8) is 0 Å². The van der Waals surface area contributed by atoms with Gasteiger partial charge >= 0.3 is 5.97 Å². The van der Waals surface area contributed by atoms with E-state index in [0.29, 0.717) is 25.7 Å². The Morgan fingerprint density at radius 2 is 1.78 bits per heavy atom. The Bertz CT molecular complexity index is 305. The summed E-state index contributed by atoms with van der Waals surface area (Å²) in [4.78, 5) is 25.3. The Hall–Kier alpha value is -1.10. The highest BCUT2D eigenvalue weighted by molar-refractivity contribution is 5.81. The highest BCUT2D eigenvalue weighted by atomic mass is 16.4. The lowest BCUT2D eigenvalue weighted by atomic mass is 9.76. The van der Waals surface area contributed by atoms with E-state index in [1.165, 1.54) is 0 Å². The Morgan fingerprint density at radius 1 is 1.28 bits per heavy atom. The van der Waals surface area contributed by atoms with Gasteiger partial charge in [-0.05, 0) is 46.6 Å². The van der Waals surface area contributed by atoms with Crippen LogP contribution in [0.4, 0.5) is 0 Å². The summed E-state index contributed by atoms with van der Waals surface area (Å²) in [6, 6.07) is 0. The van der Waals surface area contributed by atoms with Crippen molar-refractivity contribution in [3.8, 4) is 0 Å². The van der Waals surface area contributed by atoms with Crippen LogP contribution in [-0.2, 0) is 9.59 Å². The van der Waals surface area contributed by atoms with Crippen molar-refractivity contribution in [3.05, 3.63) is 0 Å². The van der Waals surface area contributed by atoms with E-state index in [4.69, 9.17) is 0 Å². The van der Waals surface area contributed by atoms with Crippen LogP contribution in [0.5, 0.6) is 0 Å². The predicted octanol–water partition coefficient (Wildman–Crippen LogP) is 1.09. The minimum absolute atomic E-state index is 0.00859. The average molecular weight is 256 g/mol. The highest BCUT2D eigenvalue weighted by Gasteiger charge is 2.42. The van der Waals surface area contributed by atoms with E-state index in [2.05, 4.69) is 5.32 Å². The summed E-state index contributed by atoms with van der Waals surface area (Å²) in [7, 11) is 1.68. The van der Waals surface area contributed by atoms with E-state index >= 15 is 0 Å². The van der Waals surface area contributed by atoms with Crippen molar-refractivity contribution in [2.75, 3.05) is 20.1 Å². The largest absolute Gasteiger partial charge is 0.480 e. The summed E-state index contributed by atoms with van der Waals surface area (Å²) in [5.41, 5.74) is -0.833. The van der Waals surface area contributed by atoms with Crippen LogP contribution in [0.15, 0.2) is 0 Å². The molecule has 1 aliphatic carbocycles. The van der Waals surface area contributed by atoms with Crippen LogP contribution in [0.1, 0.15) is 39.5 Å². The summed E-state index contributed by atoms with van der Waals surface area (Å²) in [5, 5.41) is 12.2. The van der Waals surface area contributed by atoms with Gasteiger partial charge in [-0.25, -0.2) is 0 Å². The van der Waals surface area contributed by atoms with E-state index in [-0.39, 0.29) is 11.8 Å². The van der Waals surface area contributed by atoms with Crippen LogP contribution in [0.25, 0.3) is 0 Å². The van der Waals surface area contributed by atoms with Crippen LogP contribution in [0, 0.1) is 5.92 Å². The molecule has 0 aromatic carbocycles. The van der Waals surface area contributed by atoms with Gasteiger partial charge in [0.25, 0.3) is 0 Å². The molecule has 1 rings (SSSR count). The maximum Gasteiger partial charge on any atom is 0.323 e. The molecule has 0 spiro atoms. The summed E-state index contributed by atoms with van der Waals surface area (Å²) in [5.74, 6) is -0.639. The van der Waals surface area contributed by atoms with Gasteiger partial charge in [-0.2, -0.15) is 0 Å². The van der Waals surface area contributed by atoms with Crippen molar-refractivity contribution in [1.82, 2.24) is 10.2 Å². The van der Waals surface area contributed by atoms with E-state index in [0.717, 1.165) is 13.1 Å². The molecule has 0 saturated heterocycles. The number of hydrogen-bond acceptors (Lipinski definition) is 3. The molecule has 0 aliphatic heterocycles. The topological polar surface area (TPSA) is 69.6 Å². The fourth-order valence-electron chi connectivity index (χ4n) is 2.72. The minimum atomic E-state index is -0.833. The maximum atomic E-state index is 12.2. The second kappa shape index (κ2) is 6.18. The SMILES string of the molecule is CCN(CC)C(=O)C1CCC(NC)(C(=O)O)CC1. The Labute approximate surface area is 109 Å². The fraction of sp³-hybridized carbons (Fsp3) is 0.846. The molecule has 0 aromatic rings. The van der Waals surface area contributed by atoms with Crippen molar-refractivity contribution >= 4 is 11.9 Å². The fourth-order valence-corrected chi connectivity index (χ4v) is 2.72. The molecule has 2 N–H and O–H groups in total. The molecule has 0 unspecified atom stereocenters. The van der Waals surface area contributed by atoms with Crippen LogP contribution < -0.4 is 5.32 Å². The van der Waals surface area contributed by atoms with Gasteiger partial charge in [-0.15, -0.1) is 0 Å². The highest BCUT2D eigenvalue weighted by Crippen LogP contribution is 2.33. The number of nitrogens with zero attached hydrogens (tertiary/aromatic N) is 1. The third-order valence-corrected chi connectivity index (χ3v) is 4.15. The lowest BCUT2D eigenvalue weighted by Gasteiger charge is -2.37. The molecule has 5 heteroatoms. The van der Waals surface area contributed by atoms with Gasteiger partial charge in [0, 0.05) is 19.0 Å². The average Bonchev–Trinajstić information content (AvgIpc) is 2.39. The number of carboxylic acid groups (broad SMARTS) is 1. The molecule has 18 heavy (non-hydrogen) atoms. The Kier molecular flexibility index (Phi) is 5.14. The zero-order valence-electron chi connectivity index (χ0n) is 11.5. The molecule has 0 heterocycles. The van der Waals surface area contributed by atoms with Gasteiger partial charge in [0.2, 0.25) is 5.91 Å². The third-order valence-electron chi connectivity index (χ3n) is 4.15. The first kappa shape index (κ1) is 15.0. The molecular weight excluding hydrogens is 232 g/mol. The quantitative estimate of drug-likeness (QED) is 0.772. The van der Waals surface area contributed by atoms with Crippen LogP contribution in [-0.4, -0.2) is 47.6 Å². The molecule has 0 atom stereocenters. The molecule has 1 saturated carbocycles. The minimum Gasteiger partial charge on any atom is -0.480 e. The maximum absolute atomic E-state index is 12.2. The van der Waals surface area contributed by atoms with E-state index in [1.54, 1.807) is 7.05 Å². The van der Waals surface area contributed by atoms with Crippen LogP contribution in [0.3, 0.4) is 0 Å². The van der Waals surface area contributed by atoms with Gasteiger partial charge in [0.1, 0.15) is 5.54 Å². The number of aliphatic carboxylic acids is 1. The summed E-state index contributed by atoms with van der Waals surface area (Å²) in [6.45, 7) is 5.39. The van der Waals surface area contributed by atoms with Gasteiger partial charge < -0.3 is 15.3 Å². The lowest BCUT2D eigenvalue weighted by molar-refractivity contribution is -0.148. The molecule has 104 valence electrons. The van der Waals surface area contributed by atoms with E-state index < -0.39 is 11.5 Å². The first-order valence-electron chi connectivity index (χ1n) is 6.71. The van der Waals surface area contributed by atoms with Gasteiger partial charge in [-0.3, -0.25) is 9.59 Å². The zero-order valence-corrected chi connectivity index (χ0v) is 11.5. The van der Waals surface area contributed by atoms with Gasteiger partial charge in [0.15, 0.2) is 0 Å². The number of carbonyl (C=O) groups is 2. The number of rotatable bonds is 5. The van der Waals surface area contributed by atoms with E-state index in [9.17, 15) is 14.7 Å². The summed E-state index contributed by atoms with van der Waals surface area (Å²) >= 11 is 0. The van der Waals surface area contributed by atoms with Crippen molar-refractivity contribution in [2.45, 2.75) is 45.1 Å². The first-order valence-corrected chi connectivity index (χ1v) is 6.71. The number of carbonyl (C=O) groups excluding carboxylic acids is 1. The van der Waals surface area contributed by atoms with Crippen LogP contribution >= 0.6 is 0 Å². The summed E-state index contributed by atoms with van der Waals surface area (Å²) in [6.07, 6.45) is 2.36. The normalized spacial score (nSPS) is 27.8. The monoisotopic (exact) mass is 256 g/mol.